The van der Waals surface area contributed by atoms with Gasteiger partial charge in [0.05, 0.1) is 6.61 Å². The monoisotopic (exact) mass is 359 g/mol. The van der Waals surface area contributed by atoms with Gasteiger partial charge in [0, 0.05) is 34.3 Å². The second-order valence-corrected chi connectivity index (χ2v) is 6.73. The molecule has 2 atom stereocenters. The van der Waals surface area contributed by atoms with Crippen LogP contribution in [0.4, 0.5) is 0 Å². The number of esters is 1. The van der Waals surface area contributed by atoms with Gasteiger partial charge in [-0.3, -0.25) is 14.6 Å². The van der Waals surface area contributed by atoms with E-state index in [1.807, 2.05) is 25.1 Å². The first kappa shape index (κ1) is 17.9. The van der Waals surface area contributed by atoms with Crippen molar-refractivity contribution in [3.63, 3.8) is 0 Å². The van der Waals surface area contributed by atoms with Crippen molar-refractivity contribution in [3.05, 3.63) is 46.1 Å². The summed E-state index contributed by atoms with van der Waals surface area (Å²) in [4.78, 5) is 30.2. The molecule has 3 rings (SSSR count). The number of nitrogens with zero attached hydrogens (tertiary/aromatic N) is 1. The van der Waals surface area contributed by atoms with E-state index in [4.69, 9.17) is 21.3 Å². The maximum absolute atomic E-state index is 12.8. The third-order valence-corrected chi connectivity index (χ3v) is 5.20. The lowest BCUT2D eigenvalue weighted by Gasteiger charge is -2.35. The zero-order valence-electron chi connectivity index (χ0n) is 14.5. The Morgan fingerprint density at radius 3 is 2.72 bits per heavy atom. The lowest BCUT2D eigenvalue weighted by Crippen LogP contribution is -2.38. The molecule has 1 aromatic carbocycles. The van der Waals surface area contributed by atoms with Crippen LogP contribution in [-0.2, 0) is 14.3 Å². The number of ketones is 1. The number of carbonyl (C=O) groups excluding carboxylic acids is 2. The van der Waals surface area contributed by atoms with Crippen LogP contribution in [0.3, 0.4) is 0 Å². The van der Waals surface area contributed by atoms with Gasteiger partial charge in [0.15, 0.2) is 5.78 Å². The summed E-state index contributed by atoms with van der Waals surface area (Å²) in [7, 11) is 0. The second kappa shape index (κ2) is 7.52. The number of halogens is 1. The van der Waals surface area contributed by atoms with E-state index >= 15 is 0 Å². The zero-order chi connectivity index (χ0) is 18.0. The fraction of sp³-hybridized carbons (Fsp3) is 0.450. The first-order valence-electron chi connectivity index (χ1n) is 8.83. The number of allylic oxidation sites excluding steroid dienone is 2. The Morgan fingerprint density at radius 2 is 2.04 bits per heavy atom. The summed E-state index contributed by atoms with van der Waals surface area (Å²) in [5, 5.41) is 0.560. The summed E-state index contributed by atoms with van der Waals surface area (Å²) in [6, 6.07) is 7.42. The van der Waals surface area contributed by atoms with Crippen LogP contribution < -0.4 is 0 Å². The van der Waals surface area contributed by atoms with Crippen LogP contribution >= 0.6 is 11.6 Å². The van der Waals surface area contributed by atoms with Gasteiger partial charge < -0.3 is 4.74 Å². The van der Waals surface area contributed by atoms with Crippen molar-refractivity contribution < 1.29 is 14.3 Å². The van der Waals surface area contributed by atoms with Gasteiger partial charge in [-0.15, -0.1) is 0 Å². The predicted octanol–water partition coefficient (Wildman–Crippen LogP) is 4.47. The highest BCUT2D eigenvalue weighted by Gasteiger charge is 2.44. The Kier molecular flexibility index (Phi) is 5.38. The number of aliphatic imine (C=N–C) groups is 1. The molecular weight excluding hydrogens is 338 g/mol. The van der Waals surface area contributed by atoms with Gasteiger partial charge in [-0.25, -0.2) is 0 Å². The van der Waals surface area contributed by atoms with E-state index in [1.165, 1.54) is 0 Å². The smallest absolute Gasteiger partial charge is 0.315 e. The van der Waals surface area contributed by atoms with Gasteiger partial charge in [0.1, 0.15) is 5.92 Å². The van der Waals surface area contributed by atoms with Crippen LogP contribution in [0.25, 0.3) is 0 Å². The summed E-state index contributed by atoms with van der Waals surface area (Å²) < 4.78 is 5.32. The highest BCUT2D eigenvalue weighted by Crippen LogP contribution is 2.45. The predicted molar refractivity (Wildman–Crippen MR) is 97.9 cm³/mol. The van der Waals surface area contributed by atoms with Crippen molar-refractivity contribution in [2.45, 2.75) is 45.4 Å². The number of rotatable bonds is 4. The van der Waals surface area contributed by atoms with E-state index in [1.54, 1.807) is 13.0 Å². The minimum atomic E-state index is -0.592. The van der Waals surface area contributed by atoms with Crippen molar-refractivity contribution in [1.82, 2.24) is 0 Å². The minimum Gasteiger partial charge on any atom is -0.465 e. The molecule has 0 aromatic heterocycles. The van der Waals surface area contributed by atoms with E-state index in [0.29, 0.717) is 30.0 Å². The Morgan fingerprint density at radius 1 is 1.28 bits per heavy atom. The van der Waals surface area contributed by atoms with Crippen molar-refractivity contribution in [3.8, 4) is 0 Å². The Balaban J connectivity index is 2.20. The van der Waals surface area contributed by atoms with E-state index < -0.39 is 11.8 Å². The summed E-state index contributed by atoms with van der Waals surface area (Å²) >= 11 is 6.45. The Hall–Kier alpha value is -1.94. The molecule has 25 heavy (non-hydrogen) atoms. The molecule has 0 fully saturated rings. The topological polar surface area (TPSA) is 55.7 Å². The van der Waals surface area contributed by atoms with Crippen LogP contribution in [0, 0.1) is 5.92 Å². The number of hydrogen-bond acceptors (Lipinski definition) is 4. The average molecular weight is 360 g/mol. The zero-order valence-corrected chi connectivity index (χ0v) is 15.3. The number of ether oxygens (including phenoxy) is 1. The standard InChI is InChI=1S/C20H22ClNO3/c1-3-14-19(20(24)25-4-2)17(12-8-5-6-9-13(12)21)18-15(22-14)10-7-11-16(18)23/h5-6,8-9,17,19H,3-4,7,10-11H2,1-2H3/t17-,19?/m0/s1. The van der Waals surface area contributed by atoms with Crippen molar-refractivity contribution in [1.29, 1.82) is 0 Å². The number of Topliss-reactive ketones (excluding diaryl/α,β-unsaturated/α-hetero) is 1. The molecule has 1 heterocycles. The molecule has 0 radical (unpaired) electrons. The van der Waals surface area contributed by atoms with E-state index in [9.17, 15) is 9.59 Å². The molecule has 5 heteroatoms. The Bertz CT molecular complexity index is 766. The molecule has 0 bridgehead atoms. The van der Waals surface area contributed by atoms with Crippen molar-refractivity contribution in [2.75, 3.05) is 6.61 Å². The number of benzene rings is 1. The summed E-state index contributed by atoms with van der Waals surface area (Å²) in [6.45, 7) is 4.05. The largest absolute Gasteiger partial charge is 0.465 e. The summed E-state index contributed by atoms with van der Waals surface area (Å²) in [5.41, 5.74) is 3.04. The molecular formula is C20H22ClNO3. The van der Waals surface area contributed by atoms with E-state index in [2.05, 4.69) is 0 Å². The molecule has 1 aliphatic heterocycles. The van der Waals surface area contributed by atoms with Crippen LogP contribution in [0.2, 0.25) is 5.02 Å². The maximum atomic E-state index is 12.8. The maximum Gasteiger partial charge on any atom is 0.315 e. The number of carbonyl (C=O) groups is 2. The van der Waals surface area contributed by atoms with Crippen LogP contribution in [0.15, 0.2) is 40.5 Å². The fourth-order valence-corrected chi connectivity index (χ4v) is 4.04. The van der Waals surface area contributed by atoms with Crippen LogP contribution in [0.1, 0.15) is 51.0 Å². The summed E-state index contributed by atoms with van der Waals surface area (Å²) in [5.74, 6) is -1.27. The molecule has 0 N–H and O–H groups in total. The SMILES string of the molecule is CCOC(=O)C1C(CC)=NC2=C(C(=O)CCC2)[C@@H]1c1ccccc1Cl. The highest BCUT2D eigenvalue weighted by atomic mass is 35.5. The fourth-order valence-electron chi connectivity index (χ4n) is 3.78. The van der Waals surface area contributed by atoms with Crippen LogP contribution in [0.5, 0.6) is 0 Å². The van der Waals surface area contributed by atoms with Gasteiger partial charge in [-0.1, -0.05) is 36.7 Å². The molecule has 0 saturated heterocycles. The van der Waals surface area contributed by atoms with Gasteiger partial charge in [0.2, 0.25) is 0 Å². The molecule has 1 aromatic rings. The minimum absolute atomic E-state index is 0.0689. The first-order chi connectivity index (χ1) is 12.1. The first-order valence-corrected chi connectivity index (χ1v) is 9.21. The summed E-state index contributed by atoms with van der Waals surface area (Å²) in [6.07, 6.45) is 2.69. The third kappa shape index (κ3) is 3.28. The normalized spacial score (nSPS) is 23.2. The van der Waals surface area contributed by atoms with Crippen molar-refractivity contribution >= 4 is 29.1 Å². The van der Waals surface area contributed by atoms with Gasteiger partial charge in [-0.05, 0) is 37.8 Å². The van der Waals surface area contributed by atoms with Gasteiger partial charge in [-0.2, -0.15) is 0 Å². The Labute approximate surface area is 152 Å². The second-order valence-electron chi connectivity index (χ2n) is 6.32. The lowest BCUT2D eigenvalue weighted by molar-refractivity contribution is -0.146. The molecule has 132 valence electrons. The molecule has 4 nitrogen and oxygen atoms in total. The van der Waals surface area contributed by atoms with Crippen LogP contribution in [-0.4, -0.2) is 24.1 Å². The third-order valence-electron chi connectivity index (χ3n) is 4.85. The highest BCUT2D eigenvalue weighted by molar-refractivity contribution is 6.31. The molecule has 0 saturated carbocycles. The van der Waals surface area contributed by atoms with Gasteiger partial charge in [0.25, 0.3) is 0 Å². The van der Waals surface area contributed by atoms with E-state index in [0.717, 1.165) is 29.8 Å². The quantitative estimate of drug-likeness (QED) is 0.745. The van der Waals surface area contributed by atoms with Gasteiger partial charge >= 0.3 is 5.97 Å². The van der Waals surface area contributed by atoms with E-state index in [-0.39, 0.29) is 11.8 Å². The average Bonchev–Trinajstić information content (AvgIpc) is 2.61. The molecule has 1 unspecified atom stereocenters. The lowest BCUT2D eigenvalue weighted by atomic mass is 9.71. The number of hydrogen-bond donors (Lipinski definition) is 0. The molecule has 1 aliphatic carbocycles. The molecule has 2 aliphatic rings. The van der Waals surface area contributed by atoms with Crippen molar-refractivity contribution in [2.24, 2.45) is 10.9 Å². The molecule has 0 spiro atoms. The molecule has 0 amide bonds.